The molecule has 10 heteroatoms. The molecule has 2 rings (SSSR count). The Morgan fingerprint density at radius 1 is 1.09 bits per heavy atom. The van der Waals surface area contributed by atoms with Crippen LogP contribution in [0.2, 0.25) is 5.02 Å². The lowest BCUT2D eigenvalue weighted by atomic mass is 10.1. The molecule has 0 aliphatic carbocycles. The highest BCUT2D eigenvalue weighted by Gasteiger charge is 2.12. The van der Waals surface area contributed by atoms with Gasteiger partial charge in [0.15, 0.2) is 6.61 Å². The highest BCUT2D eigenvalue weighted by Crippen LogP contribution is 2.22. The average Bonchev–Trinajstić information content (AvgIpc) is 2.77. The molecule has 0 aliphatic heterocycles. The van der Waals surface area contributed by atoms with Crippen LogP contribution in [0.5, 0.6) is 5.75 Å². The molecule has 2 aromatic carbocycles. The lowest BCUT2D eigenvalue weighted by Gasteiger charge is -2.11. The van der Waals surface area contributed by atoms with Crippen LogP contribution in [0.15, 0.2) is 41.5 Å². The third-order valence-electron chi connectivity index (χ3n) is 4.37. The molecule has 0 aliphatic rings. The molecule has 0 heterocycles. The minimum absolute atomic E-state index is 0.244. The van der Waals surface area contributed by atoms with Crippen molar-refractivity contribution in [2.75, 3.05) is 32.2 Å². The average molecular weight is 475 g/mol. The lowest BCUT2D eigenvalue weighted by Crippen LogP contribution is -2.38. The maximum absolute atomic E-state index is 12.3. The molecule has 0 saturated heterocycles. The van der Waals surface area contributed by atoms with Gasteiger partial charge in [-0.05, 0) is 50.1 Å². The summed E-state index contributed by atoms with van der Waals surface area (Å²) in [5, 5.41) is 9.43. The number of methoxy groups -OCH3 is 1. The van der Waals surface area contributed by atoms with E-state index in [1.165, 1.54) is 6.21 Å². The van der Waals surface area contributed by atoms with Crippen molar-refractivity contribution in [3.05, 3.63) is 58.1 Å². The standard InChI is InChI=1S/C23H27ClN4O5/c1-15-5-7-19(16(2)11-15)27-21(29)14-33-20-8-6-18(24)12-17(20)13-26-28-23(31)22(30)25-9-4-10-32-3/h5-8,11-13H,4,9-10,14H2,1-3H3,(H,25,30)(H,27,29)(H,28,31)/b26-13-. The van der Waals surface area contributed by atoms with Crippen LogP contribution in [0.4, 0.5) is 5.69 Å². The number of hydrazone groups is 1. The second-order valence-electron chi connectivity index (χ2n) is 7.14. The van der Waals surface area contributed by atoms with Crippen LogP contribution in [-0.2, 0) is 19.1 Å². The second kappa shape index (κ2) is 13.2. The zero-order chi connectivity index (χ0) is 24.2. The number of amides is 3. The number of hydrogen-bond donors (Lipinski definition) is 3. The van der Waals surface area contributed by atoms with Crippen molar-refractivity contribution >= 4 is 41.2 Å². The zero-order valence-electron chi connectivity index (χ0n) is 18.7. The minimum atomic E-state index is -0.916. The molecule has 33 heavy (non-hydrogen) atoms. The fraction of sp³-hybridized carbons (Fsp3) is 0.304. The second-order valence-corrected chi connectivity index (χ2v) is 7.58. The first kappa shape index (κ1) is 25.8. The summed E-state index contributed by atoms with van der Waals surface area (Å²) in [5.41, 5.74) is 5.30. The molecule has 0 fully saturated rings. The Morgan fingerprint density at radius 2 is 1.88 bits per heavy atom. The Morgan fingerprint density at radius 3 is 2.61 bits per heavy atom. The Labute approximate surface area is 197 Å². The van der Waals surface area contributed by atoms with Crippen molar-refractivity contribution < 1.29 is 23.9 Å². The Balaban J connectivity index is 1.93. The largest absolute Gasteiger partial charge is 0.483 e. The quantitative estimate of drug-likeness (QED) is 0.212. The zero-order valence-corrected chi connectivity index (χ0v) is 19.5. The van der Waals surface area contributed by atoms with Gasteiger partial charge in [0.2, 0.25) is 0 Å². The smallest absolute Gasteiger partial charge is 0.329 e. The van der Waals surface area contributed by atoms with Crippen LogP contribution in [-0.4, -0.2) is 50.8 Å². The first-order chi connectivity index (χ1) is 15.8. The topological polar surface area (TPSA) is 118 Å². The normalized spacial score (nSPS) is 10.7. The molecule has 3 amide bonds. The predicted molar refractivity (Wildman–Crippen MR) is 127 cm³/mol. The van der Waals surface area contributed by atoms with E-state index < -0.39 is 11.8 Å². The first-order valence-electron chi connectivity index (χ1n) is 10.2. The molecule has 0 saturated carbocycles. The van der Waals surface area contributed by atoms with Gasteiger partial charge in [0, 0.05) is 36.5 Å². The Hall–Kier alpha value is -3.43. The fourth-order valence-corrected chi connectivity index (χ4v) is 2.93. The summed E-state index contributed by atoms with van der Waals surface area (Å²) < 4.78 is 10.5. The van der Waals surface area contributed by atoms with Gasteiger partial charge in [0.05, 0.1) is 6.21 Å². The van der Waals surface area contributed by atoms with Crippen LogP contribution in [0, 0.1) is 13.8 Å². The summed E-state index contributed by atoms with van der Waals surface area (Å²) >= 11 is 6.03. The summed E-state index contributed by atoms with van der Waals surface area (Å²) in [4.78, 5) is 35.8. The van der Waals surface area contributed by atoms with Crippen LogP contribution in [0.1, 0.15) is 23.1 Å². The van der Waals surface area contributed by atoms with Crippen molar-refractivity contribution in [2.24, 2.45) is 5.10 Å². The number of rotatable bonds is 10. The molecule has 0 atom stereocenters. The highest BCUT2D eigenvalue weighted by atomic mass is 35.5. The number of ether oxygens (including phenoxy) is 2. The molecule has 2 aromatic rings. The number of hydrogen-bond acceptors (Lipinski definition) is 6. The van der Waals surface area contributed by atoms with E-state index in [1.807, 2.05) is 32.0 Å². The third kappa shape index (κ3) is 8.91. The highest BCUT2D eigenvalue weighted by molar-refractivity contribution is 6.35. The number of anilines is 1. The lowest BCUT2D eigenvalue weighted by molar-refractivity contribution is -0.139. The maximum atomic E-state index is 12.3. The maximum Gasteiger partial charge on any atom is 0.329 e. The fourth-order valence-electron chi connectivity index (χ4n) is 2.75. The number of carbonyl (C=O) groups is 3. The number of carbonyl (C=O) groups excluding carboxylic acids is 3. The summed E-state index contributed by atoms with van der Waals surface area (Å²) in [6.45, 7) is 4.42. The van der Waals surface area contributed by atoms with Crippen molar-refractivity contribution in [3.8, 4) is 5.75 Å². The number of aryl methyl sites for hydroxylation is 2. The molecular weight excluding hydrogens is 448 g/mol. The van der Waals surface area contributed by atoms with Gasteiger partial charge in [0.25, 0.3) is 5.91 Å². The van der Waals surface area contributed by atoms with Gasteiger partial charge in [-0.15, -0.1) is 0 Å². The Bertz CT molecular complexity index is 1030. The van der Waals surface area contributed by atoms with E-state index in [-0.39, 0.29) is 12.5 Å². The monoisotopic (exact) mass is 474 g/mol. The van der Waals surface area contributed by atoms with Gasteiger partial charge in [-0.25, -0.2) is 5.43 Å². The minimum Gasteiger partial charge on any atom is -0.483 e. The van der Waals surface area contributed by atoms with E-state index in [4.69, 9.17) is 21.1 Å². The molecule has 0 spiro atoms. The molecule has 0 unspecified atom stereocenters. The number of halogens is 1. The predicted octanol–water partition coefficient (Wildman–Crippen LogP) is 2.58. The van der Waals surface area contributed by atoms with Crippen molar-refractivity contribution in [3.63, 3.8) is 0 Å². The van der Waals surface area contributed by atoms with Crippen molar-refractivity contribution in [1.82, 2.24) is 10.7 Å². The van der Waals surface area contributed by atoms with Gasteiger partial charge < -0.3 is 20.1 Å². The van der Waals surface area contributed by atoms with Crippen molar-refractivity contribution in [1.29, 1.82) is 0 Å². The van der Waals surface area contributed by atoms with E-state index in [0.717, 1.165) is 11.1 Å². The van der Waals surface area contributed by atoms with Crippen LogP contribution >= 0.6 is 11.6 Å². The number of benzene rings is 2. The summed E-state index contributed by atoms with van der Waals surface area (Å²) in [6.07, 6.45) is 1.86. The van der Waals surface area contributed by atoms with E-state index in [0.29, 0.717) is 41.6 Å². The van der Waals surface area contributed by atoms with Gasteiger partial charge in [-0.2, -0.15) is 5.10 Å². The van der Waals surface area contributed by atoms with Gasteiger partial charge in [-0.1, -0.05) is 29.3 Å². The number of nitrogens with zero attached hydrogens (tertiary/aromatic N) is 1. The SMILES string of the molecule is COCCCNC(=O)C(=O)N/N=C\c1cc(Cl)ccc1OCC(=O)Nc1ccc(C)cc1C. The summed E-state index contributed by atoms with van der Waals surface area (Å²) in [6, 6.07) is 10.4. The van der Waals surface area contributed by atoms with Crippen LogP contribution in [0.25, 0.3) is 0 Å². The molecule has 0 aromatic heterocycles. The Kier molecular flexibility index (Phi) is 10.3. The molecule has 176 valence electrons. The van der Waals surface area contributed by atoms with Crippen LogP contribution in [0.3, 0.4) is 0 Å². The van der Waals surface area contributed by atoms with Gasteiger partial charge >= 0.3 is 11.8 Å². The van der Waals surface area contributed by atoms with E-state index in [9.17, 15) is 14.4 Å². The molecule has 9 nitrogen and oxygen atoms in total. The summed E-state index contributed by atoms with van der Waals surface area (Å²) in [5.74, 6) is -1.73. The third-order valence-corrected chi connectivity index (χ3v) is 4.61. The van der Waals surface area contributed by atoms with Gasteiger partial charge in [-0.3, -0.25) is 14.4 Å². The molecular formula is C23H27ClN4O5. The molecule has 3 N–H and O–H groups in total. The van der Waals surface area contributed by atoms with E-state index in [1.54, 1.807) is 25.3 Å². The first-order valence-corrected chi connectivity index (χ1v) is 10.6. The number of nitrogens with one attached hydrogen (secondary N) is 3. The molecule has 0 bridgehead atoms. The van der Waals surface area contributed by atoms with Crippen molar-refractivity contribution in [2.45, 2.75) is 20.3 Å². The molecule has 0 radical (unpaired) electrons. The van der Waals surface area contributed by atoms with Gasteiger partial charge in [0.1, 0.15) is 5.75 Å². The van der Waals surface area contributed by atoms with Crippen LogP contribution < -0.4 is 20.8 Å². The summed E-state index contributed by atoms with van der Waals surface area (Å²) in [7, 11) is 1.55. The van der Waals surface area contributed by atoms with E-state index in [2.05, 4.69) is 21.2 Å². The van der Waals surface area contributed by atoms with E-state index >= 15 is 0 Å².